The van der Waals surface area contributed by atoms with Gasteiger partial charge in [0.1, 0.15) is 5.82 Å². The second-order valence-corrected chi connectivity index (χ2v) is 5.32. The molecule has 0 N–H and O–H groups in total. The first-order valence-corrected chi connectivity index (χ1v) is 7.33. The number of hydrogen-bond acceptors (Lipinski definition) is 1. The molecule has 0 saturated heterocycles. The minimum Gasteiger partial charge on any atom is -0.207 e. The second-order valence-electron chi connectivity index (χ2n) is 4.46. The van der Waals surface area contributed by atoms with Gasteiger partial charge in [0.25, 0.3) is 0 Å². The summed E-state index contributed by atoms with van der Waals surface area (Å²) < 4.78 is 13.8. The maximum atomic E-state index is 13.8. The molecule has 1 rings (SSSR count). The van der Waals surface area contributed by atoms with Gasteiger partial charge in [-0.1, -0.05) is 38.8 Å². The molecule has 1 aromatic rings. The fourth-order valence-corrected chi connectivity index (χ4v) is 2.50. The van der Waals surface area contributed by atoms with Crippen LogP contribution < -0.4 is 0 Å². The van der Waals surface area contributed by atoms with Gasteiger partial charge in [0, 0.05) is 5.75 Å². The third-order valence-corrected chi connectivity index (χ3v) is 3.40. The van der Waals surface area contributed by atoms with E-state index in [1.54, 1.807) is 17.8 Å². The lowest BCUT2D eigenvalue weighted by molar-refractivity contribution is 0.504. The Hall–Kier alpha value is -0.500. The van der Waals surface area contributed by atoms with Gasteiger partial charge in [-0.3, -0.25) is 0 Å². The highest BCUT2D eigenvalue weighted by Crippen LogP contribution is 2.19. The highest BCUT2D eigenvalue weighted by atomic mass is 32.2. The molecule has 0 bridgehead atoms. The first-order chi connectivity index (χ1) is 7.67. The monoisotopic (exact) mass is 240 g/mol. The van der Waals surface area contributed by atoms with Crippen molar-refractivity contribution in [3.8, 4) is 0 Å². The Balaban J connectivity index is 2.67. The molecule has 0 aliphatic rings. The van der Waals surface area contributed by atoms with E-state index in [4.69, 9.17) is 0 Å². The van der Waals surface area contributed by atoms with E-state index in [0.29, 0.717) is 5.92 Å². The Labute approximate surface area is 103 Å². The average molecular weight is 240 g/mol. The van der Waals surface area contributed by atoms with Crippen LogP contribution >= 0.6 is 11.8 Å². The van der Waals surface area contributed by atoms with Crippen LogP contribution in [0, 0.1) is 11.7 Å². The lowest BCUT2D eigenvalue weighted by atomic mass is 9.96. The molecular formula is C14H21FS. The first-order valence-electron chi connectivity index (χ1n) is 5.93. The zero-order valence-electron chi connectivity index (χ0n) is 10.4. The fraction of sp³-hybridized carbons (Fsp3) is 0.571. The van der Waals surface area contributed by atoms with Crippen LogP contribution in [0.15, 0.2) is 18.2 Å². The quantitative estimate of drug-likeness (QED) is 0.696. The van der Waals surface area contributed by atoms with Crippen LogP contribution in [0.2, 0.25) is 0 Å². The fourth-order valence-electron chi connectivity index (χ4n) is 1.98. The molecule has 1 aromatic carbocycles. The summed E-state index contributed by atoms with van der Waals surface area (Å²) in [6, 6.07) is 5.69. The Morgan fingerprint density at radius 1 is 1.38 bits per heavy atom. The van der Waals surface area contributed by atoms with E-state index in [2.05, 4.69) is 13.8 Å². The Kier molecular flexibility index (Phi) is 5.89. The number of halogens is 1. The van der Waals surface area contributed by atoms with Crippen LogP contribution in [0.4, 0.5) is 4.39 Å². The van der Waals surface area contributed by atoms with E-state index in [1.807, 2.05) is 18.4 Å². The molecule has 0 amide bonds. The van der Waals surface area contributed by atoms with Crippen molar-refractivity contribution in [1.29, 1.82) is 0 Å². The van der Waals surface area contributed by atoms with E-state index in [0.717, 1.165) is 23.3 Å². The molecule has 2 heteroatoms. The third kappa shape index (κ3) is 4.17. The van der Waals surface area contributed by atoms with Crippen LogP contribution in [-0.4, -0.2) is 6.26 Å². The minimum absolute atomic E-state index is 0.0329. The van der Waals surface area contributed by atoms with E-state index >= 15 is 0 Å². The van der Waals surface area contributed by atoms with Gasteiger partial charge in [0.15, 0.2) is 0 Å². The maximum absolute atomic E-state index is 13.8. The van der Waals surface area contributed by atoms with Gasteiger partial charge in [-0.15, -0.1) is 0 Å². The second kappa shape index (κ2) is 6.95. The van der Waals surface area contributed by atoms with Crippen LogP contribution in [0.5, 0.6) is 0 Å². The van der Waals surface area contributed by atoms with Gasteiger partial charge < -0.3 is 0 Å². The molecule has 0 radical (unpaired) electrons. The number of rotatable bonds is 6. The van der Waals surface area contributed by atoms with Crippen molar-refractivity contribution in [1.82, 2.24) is 0 Å². The third-order valence-electron chi connectivity index (χ3n) is 2.78. The molecular weight excluding hydrogens is 219 g/mol. The lowest BCUT2D eigenvalue weighted by Gasteiger charge is -2.11. The summed E-state index contributed by atoms with van der Waals surface area (Å²) >= 11 is 1.72. The maximum Gasteiger partial charge on any atom is 0.126 e. The van der Waals surface area contributed by atoms with E-state index in [1.165, 1.54) is 12.8 Å². The zero-order chi connectivity index (χ0) is 12.0. The van der Waals surface area contributed by atoms with Crippen LogP contribution in [0.25, 0.3) is 0 Å². The van der Waals surface area contributed by atoms with Crippen molar-refractivity contribution in [3.63, 3.8) is 0 Å². The van der Waals surface area contributed by atoms with Crippen molar-refractivity contribution in [2.75, 3.05) is 6.26 Å². The summed E-state index contributed by atoms with van der Waals surface area (Å²) in [5.41, 5.74) is 1.95. The van der Waals surface area contributed by atoms with Crippen molar-refractivity contribution >= 4 is 11.8 Å². The Morgan fingerprint density at radius 2 is 2.12 bits per heavy atom. The van der Waals surface area contributed by atoms with E-state index in [-0.39, 0.29) is 5.82 Å². The van der Waals surface area contributed by atoms with Gasteiger partial charge in [0.05, 0.1) is 0 Å². The summed E-state index contributed by atoms with van der Waals surface area (Å²) in [7, 11) is 0. The molecule has 1 atom stereocenters. The van der Waals surface area contributed by atoms with Crippen LogP contribution in [0.3, 0.4) is 0 Å². The molecule has 0 nitrogen and oxygen atoms in total. The van der Waals surface area contributed by atoms with E-state index in [9.17, 15) is 4.39 Å². The van der Waals surface area contributed by atoms with E-state index < -0.39 is 0 Å². The molecule has 0 heterocycles. The number of hydrogen-bond donors (Lipinski definition) is 0. The Bertz CT molecular complexity index is 323. The largest absolute Gasteiger partial charge is 0.207 e. The molecule has 0 fully saturated rings. The summed E-state index contributed by atoms with van der Waals surface area (Å²) in [6.45, 7) is 4.37. The van der Waals surface area contributed by atoms with Crippen LogP contribution in [0.1, 0.15) is 37.8 Å². The predicted molar refractivity (Wildman–Crippen MR) is 71.4 cm³/mol. The molecule has 1 unspecified atom stereocenters. The summed E-state index contributed by atoms with van der Waals surface area (Å²) in [4.78, 5) is 0. The van der Waals surface area contributed by atoms with Gasteiger partial charge in [-0.25, -0.2) is 4.39 Å². The molecule has 0 saturated carbocycles. The van der Waals surface area contributed by atoms with Crippen LogP contribution in [-0.2, 0) is 12.2 Å². The number of thioether (sulfide) groups is 1. The first kappa shape index (κ1) is 13.6. The van der Waals surface area contributed by atoms with Gasteiger partial charge in [-0.2, -0.15) is 11.8 Å². The number of benzene rings is 1. The normalized spacial score (nSPS) is 12.8. The smallest absolute Gasteiger partial charge is 0.126 e. The van der Waals surface area contributed by atoms with Crippen molar-refractivity contribution < 1.29 is 4.39 Å². The van der Waals surface area contributed by atoms with Crippen molar-refractivity contribution in [3.05, 3.63) is 35.1 Å². The molecule has 0 spiro atoms. The molecule has 16 heavy (non-hydrogen) atoms. The molecule has 0 aromatic heterocycles. The molecule has 0 aliphatic carbocycles. The standard InChI is InChI=1S/C14H21FS/c1-4-5-11(2)8-13-7-6-12(10-16-3)9-14(13)15/h6-7,9,11H,4-5,8,10H2,1-3H3. The van der Waals surface area contributed by atoms with Crippen molar-refractivity contribution in [2.45, 2.75) is 38.9 Å². The SMILES string of the molecule is CCCC(C)Cc1ccc(CSC)cc1F. The molecule has 0 aliphatic heterocycles. The predicted octanol–water partition coefficient (Wildman–Crippen LogP) is 4.67. The van der Waals surface area contributed by atoms with Crippen molar-refractivity contribution in [2.24, 2.45) is 5.92 Å². The summed E-state index contributed by atoms with van der Waals surface area (Å²) in [5, 5.41) is 0. The zero-order valence-corrected chi connectivity index (χ0v) is 11.2. The topological polar surface area (TPSA) is 0 Å². The minimum atomic E-state index is -0.0329. The van der Waals surface area contributed by atoms with Gasteiger partial charge in [0.2, 0.25) is 0 Å². The lowest BCUT2D eigenvalue weighted by Crippen LogP contribution is -2.02. The summed E-state index contributed by atoms with van der Waals surface area (Å²) in [5.74, 6) is 1.43. The summed E-state index contributed by atoms with van der Waals surface area (Å²) in [6.07, 6.45) is 5.24. The Morgan fingerprint density at radius 3 is 2.69 bits per heavy atom. The molecule has 90 valence electrons. The van der Waals surface area contributed by atoms with Gasteiger partial charge in [-0.05, 0) is 35.8 Å². The van der Waals surface area contributed by atoms with Gasteiger partial charge >= 0.3 is 0 Å². The highest BCUT2D eigenvalue weighted by molar-refractivity contribution is 7.97. The average Bonchev–Trinajstić information content (AvgIpc) is 2.23. The highest BCUT2D eigenvalue weighted by Gasteiger charge is 2.08.